The molecule has 0 aliphatic carbocycles. The Bertz CT molecular complexity index is 323. The lowest BCUT2D eigenvalue weighted by atomic mass is 10.2. The van der Waals surface area contributed by atoms with Crippen molar-refractivity contribution in [1.29, 1.82) is 0 Å². The lowest BCUT2D eigenvalue weighted by Crippen LogP contribution is -2.46. The topological polar surface area (TPSA) is 72.9 Å². The summed E-state index contributed by atoms with van der Waals surface area (Å²) in [4.78, 5) is 26.8. The highest BCUT2D eigenvalue weighted by Gasteiger charge is 2.24. The summed E-state index contributed by atoms with van der Waals surface area (Å²) in [6, 6.07) is -0.142. The minimum Gasteiger partial charge on any atom is -0.480 e. The maximum atomic E-state index is 12.0. The predicted molar refractivity (Wildman–Crippen MR) is 77.6 cm³/mol. The quantitative estimate of drug-likeness (QED) is 0.662. The first kappa shape index (κ1) is 16.9. The van der Waals surface area contributed by atoms with Crippen LogP contribution in [-0.4, -0.2) is 72.1 Å². The maximum Gasteiger partial charge on any atom is 0.317 e. The zero-order chi connectivity index (χ0) is 15.0. The van der Waals surface area contributed by atoms with Crippen LogP contribution in [0.1, 0.15) is 33.1 Å². The highest BCUT2D eigenvalue weighted by Crippen LogP contribution is 2.07. The molecule has 1 aliphatic heterocycles. The molecule has 1 fully saturated rings. The molecule has 6 nitrogen and oxygen atoms in total. The lowest BCUT2D eigenvalue weighted by molar-refractivity contribution is -0.138. The number of carboxylic acid groups (broad SMARTS) is 1. The SMILES string of the molecule is CCCCNC(=O)C(C)N1CCCN(CC(=O)O)CC1. The van der Waals surface area contributed by atoms with Gasteiger partial charge in [0.1, 0.15) is 0 Å². The van der Waals surface area contributed by atoms with E-state index in [1.54, 1.807) is 0 Å². The second kappa shape index (κ2) is 8.92. The van der Waals surface area contributed by atoms with Gasteiger partial charge in [-0.15, -0.1) is 0 Å². The zero-order valence-corrected chi connectivity index (χ0v) is 12.6. The average molecular weight is 285 g/mol. The summed E-state index contributed by atoms with van der Waals surface area (Å²) in [6.07, 6.45) is 2.98. The number of aliphatic carboxylic acids is 1. The third-order valence-corrected chi connectivity index (χ3v) is 3.74. The number of carboxylic acids is 1. The molecule has 0 saturated carbocycles. The van der Waals surface area contributed by atoms with Crippen molar-refractivity contribution in [3.05, 3.63) is 0 Å². The number of nitrogens with one attached hydrogen (secondary N) is 1. The van der Waals surface area contributed by atoms with Crippen LogP contribution >= 0.6 is 0 Å². The smallest absolute Gasteiger partial charge is 0.317 e. The van der Waals surface area contributed by atoms with Crippen LogP contribution in [0.5, 0.6) is 0 Å². The molecule has 0 aromatic heterocycles. The predicted octanol–water partition coefficient (Wildman–Crippen LogP) is 0.384. The molecule has 1 rings (SSSR count). The first-order valence-corrected chi connectivity index (χ1v) is 7.50. The molecule has 116 valence electrons. The fraction of sp³-hybridized carbons (Fsp3) is 0.857. The van der Waals surface area contributed by atoms with Gasteiger partial charge in [0.15, 0.2) is 0 Å². The molecule has 0 aromatic rings. The first-order valence-electron chi connectivity index (χ1n) is 7.50. The molecule has 1 saturated heterocycles. The second-order valence-corrected chi connectivity index (χ2v) is 5.38. The van der Waals surface area contributed by atoms with Crippen molar-refractivity contribution in [1.82, 2.24) is 15.1 Å². The Morgan fingerprint density at radius 1 is 1.25 bits per heavy atom. The normalized spacial score (nSPS) is 19.3. The van der Waals surface area contributed by atoms with Gasteiger partial charge in [-0.2, -0.15) is 0 Å². The fourth-order valence-electron chi connectivity index (χ4n) is 2.43. The van der Waals surface area contributed by atoms with Crippen molar-refractivity contribution < 1.29 is 14.7 Å². The van der Waals surface area contributed by atoms with Gasteiger partial charge in [-0.1, -0.05) is 13.3 Å². The first-order chi connectivity index (χ1) is 9.54. The molecule has 2 N–H and O–H groups in total. The molecule has 1 atom stereocenters. The molecule has 1 heterocycles. The lowest BCUT2D eigenvalue weighted by Gasteiger charge is -2.26. The molecule has 1 amide bonds. The van der Waals surface area contributed by atoms with Crippen LogP contribution < -0.4 is 5.32 Å². The van der Waals surface area contributed by atoms with E-state index < -0.39 is 5.97 Å². The third-order valence-electron chi connectivity index (χ3n) is 3.74. The van der Waals surface area contributed by atoms with Gasteiger partial charge in [0.2, 0.25) is 5.91 Å². The third kappa shape index (κ3) is 5.88. The number of nitrogens with zero attached hydrogens (tertiary/aromatic N) is 2. The van der Waals surface area contributed by atoms with Gasteiger partial charge in [0.05, 0.1) is 12.6 Å². The van der Waals surface area contributed by atoms with Crippen LogP contribution in [0.2, 0.25) is 0 Å². The minimum absolute atomic E-state index is 0.0742. The van der Waals surface area contributed by atoms with Crippen LogP contribution in [0.3, 0.4) is 0 Å². The van der Waals surface area contributed by atoms with E-state index in [1.807, 2.05) is 11.8 Å². The number of carbonyl (C=O) groups is 2. The summed E-state index contributed by atoms with van der Waals surface area (Å²) >= 11 is 0. The van der Waals surface area contributed by atoms with Crippen molar-refractivity contribution in [2.75, 3.05) is 39.3 Å². The molecule has 0 bridgehead atoms. The standard InChI is InChI=1S/C14H27N3O3/c1-3-4-6-15-14(20)12(2)17-8-5-7-16(9-10-17)11-13(18)19/h12H,3-11H2,1-2H3,(H,15,20)(H,18,19). The monoisotopic (exact) mass is 285 g/mol. The van der Waals surface area contributed by atoms with Crippen LogP contribution in [-0.2, 0) is 9.59 Å². The Hall–Kier alpha value is -1.14. The molecule has 6 heteroatoms. The van der Waals surface area contributed by atoms with Gasteiger partial charge in [0.25, 0.3) is 0 Å². The van der Waals surface area contributed by atoms with Gasteiger partial charge in [-0.3, -0.25) is 19.4 Å². The highest BCUT2D eigenvalue weighted by atomic mass is 16.4. The summed E-state index contributed by atoms with van der Waals surface area (Å²) in [5, 5.41) is 11.8. The summed E-state index contributed by atoms with van der Waals surface area (Å²) in [5.41, 5.74) is 0. The zero-order valence-electron chi connectivity index (χ0n) is 12.6. The summed E-state index contributed by atoms with van der Waals surface area (Å²) < 4.78 is 0. The molecule has 1 unspecified atom stereocenters. The van der Waals surface area contributed by atoms with Crippen molar-refractivity contribution in [3.8, 4) is 0 Å². The van der Waals surface area contributed by atoms with Gasteiger partial charge in [-0.05, 0) is 19.8 Å². The average Bonchev–Trinajstić information content (AvgIpc) is 2.63. The van der Waals surface area contributed by atoms with Crippen LogP contribution in [0.4, 0.5) is 0 Å². The van der Waals surface area contributed by atoms with Gasteiger partial charge in [0, 0.05) is 32.7 Å². The molecule has 1 aliphatic rings. The van der Waals surface area contributed by atoms with Crippen molar-refractivity contribution in [2.24, 2.45) is 0 Å². The van der Waals surface area contributed by atoms with Gasteiger partial charge < -0.3 is 10.4 Å². The molecule has 0 aromatic carbocycles. The van der Waals surface area contributed by atoms with Crippen LogP contribution in [0.15, 0.2) is 0 Å². The Balaban J connectivity index is 2.39. The number of carbonyl (C=O) groups excluding carboxylic acids is 1. The molecule has 0 spiro atoms. The van der Waals surface area contributed by atoms with Crippen molar-refractivity contribution in [3.63, 3.8) is 0 Å². The number of hydrogen-bond acceptors (Lipinski definition) is 4. The van der Waals surface area contributed by atoms with Gasteiger partial charge in [-0.25, -0.2) is 0 Å². The number of rotatable bonds is 7. The van der Waals surface area contributed by atoms with Crippen molar-refractivity contribution in [2.45, 2.75) is 39.2 Å². The van der Waals surface area contributed by atoms with E-state index in [9.17, 15) is 9.59 Å². The van der Waals surface area contributed by atoms with E-state index in [-0.39, 0.29) is 18.5 Å². The van der Waals surface area contributed by atoms with Crippen LogP contribution in [0.25, 0.3) is 0 Å². The Labute approximate surface area is 121 Å². The number of unbranched alkanes of at least 4 members (excludes halogenated alkanes) is 1. The summed E-state index contributed by atoms with van der Waals surface area (Å²) in [7, 11) is 0. The Morgan fingerprint density at radius 2 is 2.00 bits per heavy atom. The van der Waals surface area contributed by atoms with E-state index in [0.717, 1.165) is 45.4 Å². The molecule has 20 heavy (non-hydrogen) atoms. The molecular formula is C14H27N3O3. The molecule has 0 radical (unpaired) electrons. The van der Waals surface area contributed by atoms with Crippen molar-refractivity contribution >= 4 is 11.9 Å². The fourth-order valence-corrected chi connectivity index (χ4v) is 2.43. The van der Waals surface area contributed by atoms with E-state index in [4.69, 9.17) is 5.11 Å². The van der Waals surface area contributed by atoms with E-state index in [0.29, 0.717) is 6.54 Å². The second-order valence-electron chi connectivity index (χ2n) is 5.38. The minimum atomic E-state index is -0.788. The van der Waals surface area contributed by atoms with E-state index >= 15 is 0 Å². The Kier molecular flexibility index (Phi) is 7.54. The Morgan fingerprint density at radius 3 is 2.65 bits per heavy atom. The summed E-state index contributed by atoms with van der Waals surface area (Å²) in [6.45, 7) is 7.93. The number of amides is 1. The van der Waals surface area contributed by atoms with Gasteiger partial charge >= 0.3 is 5.97 Å². The van der Waals surface area contributed by atoms with E-state index in [2.05, 4.69) is 17.1 Å². The molecular weight excluding hydrogens is 258 g/mol. The largest absolute Gasteiger partial charge is 0.480 e. The van der Waals surface area contributed by atoms with Crippen LogP contribution in [0, 0.1) is 0 Å². The highest BCUT2D eigenvalue weighted by molar-refractivity contribution is 5.81. The maximum absolute atomic E-state index is 12.0. The van der Waals surface area contributed by atoms with E-state index in [1.165, 1.54) is 0 Å². The number of hydrogen-bond donors (Lipinski definition) is 2. The summed E-state index contributed by atoms with van der Waals surface area (Å²) in [5.74, 6) is -0.714.